The molecule has 0 saturated heterocycles. The largest absolute Gasteiger partial charge is 0.396 e. The zero-order chi connectivity index (χ0) is 15.0. The van der Waals surface area contributed by atoms with Crippen LogP contribution in [-0.2, 0) is 6.61 Å². The van der Waals surface area contributed by atoms with Crippen LogP contribution in [0.2, 0.25) is 0 Å². The van der Waals surface area contributed by atoms with Gasteiger partial charge < -0.3 is 15.5 Å². The Labute approximate surface area is 118 Å². The number of aliphatic hydroxyl groups excluding tert-OH is 2. The van der Waals surface area contributed by atoms with Gasteiger partial charge in [0.25, 0.3) is 5.69 Å². The molecule has 0 amide bonds. The molecule has 0 spiro atoms. The number of hydrogen-bond donors (Lipinski definition) is 3. The van der Waals surface area contributed by atoms with Crippen LogP contribution >= 0.6 is 0 Å². The van der Waals surface area contributed by atoms with Crippen molar-refractivity contribution in [3.05, 3.63) is 33.9 Å². The van der Waals surface area contributed by atoms with Crippen molar-refractivity contribution in [2.45, 2.75) is 32.8 Å². The molecule has 0 radical (unpaired) electrons. The SMILES string of the molecule is CCCC(CCO)CNc1cc(CO)ccc1[N+](=O)[O-]. The van der Waals surface area contributed by atoms with Crippen molar-refractivity contribution in [1.82, 2.24) is 0 Å². The lowest BCUT2D eigenvalue weighted by molar-refractivity contribution is -0.384. The number of nitrogens with zero attached hydrogens (tertiary/aromatic N) is 1. The van der Waals surface area contributed by atoms with Crippen molar-refractivity contribution in [3.63, 3.8) is 0 Å². The number of benzene rings is 1. The third-order valence-corrected chi connectivity index (χ3v) is 3.26. The molecule has 0 bridgehead atoms. The lowest BCUT2D eigenvalue weighted by Crippen LogP contribution is -2.16. The Morgan fingerprint density at radius 3 is 2.65 bits per heavy atom. The van der Waals surface area contributed by atoms with Crippen molar-refractivity contribution in [3.8, 4) is 0 Å². The topological polar surface area (TPSA) is 95.6 Å². The molecule has 0 aliphatic rings. The first kappa shape index (κ1) is 16.4. The number of aliphatic hydroxyl groups is 2. The molecule has 0 heterocycles. The molecule has 1 aromatic carbocycles. The summed E-state index contributed by atoms with van der Waals surface area (Å²) in [5, 5.41) is 32.2. The van der Waals surface area contributed by atoms with Gasteiger partial charge >= 0.3 is 0 Å². The lowest BCUT2D eigenvalue weighted by Gasteiger charge is -2.16. The van der Waals surface area contributed by atoms with Crippen LogP contribution in [0.3, 0.4) is 0 Å². The van der Waals surface area contributed by atoms with Gasteiger partial charge in [0.05, 0.1) is 11.5 Å². The van der Waals surface area contributed by atoms with Gasteiger partial charge in [-0.25, -0.2) is 0 Å². The van der Waals surface area contributed by atoms with E-state index in [-0.39, 0.29) is 24.8 Å². The van der Waals surface area contributed by atoms with Gasteiger partial charge in [0, 0.05) is 19.2 Å². The summed E-state index contributed by atoms with van der Waals surface area (Å²) < 4.78 is 0. The van der Waals surface area contributed by atoms with Crippen LogP contribution in [0.4, 0.5) is 11.4 Å². The first-order valence-electron chi connectivity index (χ1n) is 6.85. The Bertz CT molecular complexity index is 431. The predicted molar refractivity (Wildman–Crippen MR) is 77.6 cm³/mol. The molecule has 1 atom stereocenters. The molecule has 0 aliphatic heterocycles. The van der Waals surface area contributed by atoms with E-state index >= 15 is 0 Å². The monoisotopic (exact) mass is 282 g/mol. The number of anilines is 1. The van der Waals surface area contributed by atoms with E-state index in [2.05, 4.69) is 12.2 Å². The normalized spacial score (nSPS) is 12.2. The van der Waals surface area contributed by atoms with Crippen molar-refractivity contribution in [2.24, 2.45) is 5.92 Å². The highest BCUT2D eigenvalue weighted by atomic mass is 16.6. The van der Waals surface area contributed by atoms with Gasteiger partial charge in [0.15, 0.2) is 0 Å². The van der Waals surface area contributed by atoms with Gasteiger partial charge in [-0.15, -0.1) is 0 Å². The van der Waals surface area contributed by atoms with E-state index in [4.69, 9.17) is 10.2 Å². The number of rotatable bonds is 9. The highest BCUT2D eigenvalue weighted by Crippen LogP contribution is 2.26. The molecule has 112 valence electrons. The average Bonchev–Trinajstić information content (AvgIpc) is 2.44. The fraction of sp³-hybridized carbons (Fsp3) is 0.571. The molecule has 0 aromatic heterocycles. The molecular formula is C14H22N2O4. The van der Waals surface area contributed by atoms with Crippen LogP contribution in [0, 0.1) is 16.0 Å². The first-order valence-corrected chi connectivity index (χ1v) is 6.85. The lowest BCUT2D eigenvalue weighted by atomic mass is 10.00. The number of nitro groups is 1. The van der Waals surface area contributed by atoms with Crippen LogP contribution in [0.5, 0.6) is 0 Å². The maximum absolute atomic E-state index is 11.0. The smallest absolute Gasteiger partial charge is 0.292 e. The first-order chi connectivity index (χ1) is 9.62. The fourth-order valence-electron chi connectivity index (χ4n) is 2.18. The van der Waals surface area contributed by atoms with Crippen LogP contribution in [0.25, 0.3) is 0 Å². The van der Waals surface area contributed by atoms with Gasteiger partial charge in [0.2, 0.25) is 0 Å². The molecule has 20 heavy (non-hydrogen) atoms. The number of nitro benzene ring substituents is 1. The van der Waals surface area contributed by atoms with Gasteiger partial charge in [-0.2, -0.15) is 0 Å². The van der Waals surface area contributed by atoms with Crippen LogP contribution < -0.4 is 5.32 Å². The standard InChI is InChI=1S/C14H22N2O4/c1-2-3-11(6-7-17)9-15-13-8-12(10-18)4-5-14(13)16(19)20/h4-5,8,11,15,17-18H,2-3,6-7,9-10H2,1H3. The maximum Gasteiger partial charge on any atom is 0.292 e. The molecule has 6 nitrogen and oxygen atoms in total. The summed E-state index contributed by atoms with van der Waals surface area (Å²) in [6, 6.07) is 4.54. The second-order valence-corrected chi connectivity index (χ2v) is 4.81. The van der Waals surface area contributed by atoms with E-state index in [9.17, 15) is 10.1 Å². The summed E-state index contributed by atoms with van der Waals surface area (Å²) in [6.45, 7) is 2.61. The summed E-state index contributed by atoms with van der Waals surface area (Å²) in [5.41, 5.74) is 1.05. The van der Waals surface area contributed by atoms with Gasteiger partial charge in [-0.3, -0.25) is 10.1 Å². The summed E-state index contributed by atoms with van der Waals surface area (Å²) in [4.78, 5) is 10.5. The maximum atomic E-state index is 11.0. The summed E-state index contributed by atoms with van der Waals surface area (Å²) in [7, 11) is 0. The van der Waals surface area contributed by atoms with E-state index in [1.54, 1.807) is 12.1 Å². The summed E-state index contributed by atoms with van der Waals surface area (Å²) in [5.74, 6) is 0.280. The van der Waals surface area contributed by atoms with E-state index in [0.717, 1.165) is 12.8 Å². The molecule has 0 saturated carbocycles. The van der Waals surface area contributed by atoms with E-state index in [1.807, 2.05) is 0 Å². The molecule has 0 aliphatic carbocycles. The molecule has 1 rings (SSSR count). The van der Waals surface area contributed by atoms with Crippen molar-refractivity contribution >= 4 is 11.4 Å². The highest BCUT2D eigenvalue weighted by molar-refractivity contribution is 5.62. The molecule has 0 fully saturated rings. The Balaban J connectivity index is 2.80. The molecule has 1 aromatic rings. The second kappa shape index (κ2) is 8.50. The van der Waals surface area contributed by atoms with Gasteiger partial charge in [-0.1, -0.05) is 13.3 Å². The van der Waals surface area contributed by atoms with E-state index in [1.165, 1.54) is 6.07 Å². The van der Waals surface area contributed by atoms with Crippen molar-refractivity contribution < 1.29 is 15.1 Å². The van der Waals surface area contributed by atoms with Crippen LogP contribution in [0.15, 0.2) is 18.2 Å². The number of hydrogen-bond acceptors (Lipinski definition) is 5. The van der Waals surface area contributed by atoms with Crippen LogP contribution in [-0.4, -0.2) is 28.3 Å². The Kier molecular flexibility index (Phi) is 6.97. The minimum Gasteiger partial charge on any atom is -0.396 e. The Hall–Kier alpha value is -1.66. The molecule has 6 heteroatoms. The fourth-order valence-corrected chi connectivity index (χ4v) is 2.18. The zero-order valence-corrected chi connectivity index (χ0v) is 11.7. The predicted octanol–water partition coefficient (Wildman–Crippen LogP) is 2.30. The Morgan fingerprint density at radius 2 is 2.10 bits per heavy atom. The molecule has 3 N–H and O–H groups in total. The second-order valence-electron chi connectivity index (χ2n) is 4.81. The number of nitrogens with one attached hydrogen (secondary N) is 1. The van der Waals surface area contributed by atoms with E-state index < -0.39 is 4.92 Å². The summed E-state index contributed by atoms with van der Waals surface area (Å²) in [6.07, 6.45) is 2.64. The zero-order valence-electron chi connectivity index (χ0n) is 11.7. The van der Waals surface area contributed by atoms with Gasteiger partial charge in [0.1, 0.15) is 5.69 Å². The third-order valence-electron chi connectivity index (χ3n) is 3.26. The molecule has 1 unspecified atom stereocenters. The summed E-state index contributed by atoms with van der Waals surface area (Å²) >= 11 is 0. The molecular weight excluding hydrogens is 260 g/mol. The Morgan fingerprint density at radius 1 is 1.35 bits per heavy atom. The van der Waals surface area contributed by atoms with Crippen molar-refractivity contribution in [2.75, 3.05) is 18.5 Å². The highest BCUT2D eigenvalue weighted by Gasteiger charge is 2.15. The third kappa shape index (κ3) is 4.79. The van der Waals surface area contributed by atoms with Crippen molar-refractivity contribution in [1.29, 1.82) is 0 Å². The van der Waals surface area contributed by atoms with Crippen LogP contribution in [0.1, 0.15) is 31.7 Å². The van der Waals surface area contributed by atoms with Gasteiger partial charge in [-0.05, 0) is 36.5 Å². The minimum absolute atomic E-state index is 0.00134. The minimum atomic E-state index is -0.440. The van der Waals surface area contributed by atoms with E-state index in [0.29, 0.717) is 24.2 Å². The average molecular weight is 282 g/mol. The quantitative estimate of drug-likeness (QED) is 0.477.